The normalized spacial score (nSPS) is 14.9. The van der Waals surface area contributed by atoms with Gasteiger partial charge in [0.1, 0.15) is 22.1 Å². The smallest absolute Gasteiger partial charge is 0.230 e. The molecule has 1 saturated heterocycles. The number of anilines is 5. The predicted molar refractivity (Wildman–Crippen MR) is 144 cm³/mol. The van der Waals surface area contributed by atoms with E-state index in [1.165, 1.54) is 5.69 Å². The molecule has 8 nitrogen and oxygen atoms in total. The molecule has 0 bridgehead atoms. The maximum absolute atomic E-state index is 10.4. The van der Waals surface area contributed by atoms with Crippen LogP contribution in [0.15, 0.2) is 47.8 Å². The molecule has 0 atom stereocenters. The summed E-state index contributed by atoms with van der Waals surface area (Å²) >= 11 is 1.59. The first kappa shape index (κ1) is 23.5. The average molecular weight is 490 g/mol. The Morgan fingerprint density at radius 2 is 1.69 bits per heavy atom. The lowest BCUT2D eigenvalue weighted by Crippen LogP contribution is -2.44. The maximum Gasteiger partial charge on any atom is 0.230 e. The highest BCUT2D eigenvalue weighted by atomic mass is 32.1. The molecule has 3 N–H and O–H groups in total. The van der Waals surface area contributed by atoms with E-state index in [0.29, 0.717) is 23.3 Å². The van der Waals surface area contributed by atoms with E-state index >= 15 is 0 Å². The van der Waals surface area contributed by atoms with Crippen molar-refractivity contribution in [1.29, 1.82) is 0 Å². The van der Waals surface area contributed by atoms with E-state index in [9.17, 15) is 5.11 Å². The largest absolute Gasteiger partial charge is 0.384 e. The molecule has 3 aromatic heterocycles. The molecule has 1 aromatic carbocycles. The Morgan fingerprint density at radius 3 is 2.40 bits per heavy atom. The van der Waals surface area contributed by atoms with Crippen LogP contribution in [-0.2, 0) is 5.60 Å². The number of nitrogens with zero attached hydrogens (tertiary/aromatic N) is 5. The van der Waals surface area contributed by atoms with Gasteiger partial charge in [-0.25, -0.2) is 9.97 Å². The lowest BCUT2D eigenvalue weighted by molar-refractivity contribution is 0.0740. The van der Waals surface area contributed by atoms with Gasteiger partial charge in [0, 0.05) is 37.6 Å². The Labute approximate surface area is 209 Å². The summed E-state index contributed by atoms with van der Waals surface area (Å²) in [5.74, 6) is 1.83. The third kappa shape index (κ3) is 5.22. The lowest BCUT2D eigenvalue weighted by atomic mass is 10.1. The Hall–Kier alpha value is -3.27. The van der Waals surface area contributed by atoms with E-state index in [2.05, 4.69) is 69.0 Å². The van der Waals surface area contributed by atoms with Crippen LogP contribution in [0.2, 0.25) is 0 Å². The molecule has 1 aliphatic rings. The molecule has 4 aromatic rings. The first-order valence-electron chi connectivity index (χ1n) is 11.8. The summed E-state index contributed by atoms with van der Waals surface area (Å²) < 4.78 is 0. The number of piperazine rings is 1. The van der Waals surface area contributed by atoms with Crippen LogP contribution in [0, 0.1) is 6.92 Å². The van der Waals surface area contributed by atoms with Crippen LogP contribution in [0.1, 0.15) is 25.1 Å². The molecule has 0 unspecified atom stereocenters. The van der Waals surface area contributed by atoms with Crippen LogP contribution in [0.25, 0.3) is 10.2 Å². The van der Waals surface area contributed by atoms with E-state index in [1.807, 2.05) is 18.2 Å². The number of nitrogens with one attached hydrogen (secondary N) is 2. The van der Waals surface area contributed by atoms with Crippen LogP contribution in [-0.4, -0.2) is 58.2 Å². The van der Waals surface area contributed by atoms with Gasteiger partial charge < -0.3 is 25.5 Å². The van der Waals surface area contributed by atoms with Crippen LogP contribution in [0.4, 0.5) is 29.0 Å². The lowest BCUT2D eigenvalue weighted by Gasteiger charge is -2.34. The molecule has 0 spiro atoms. The fourth-order valence-corrected chi connectivity index (χ4v) is 5.07. The number of fused-ring (bicyclic) bond motifs is 1. The molecule has 0 saturated carbocycles. The number of rotatable bonds is 6. The molecule has 9 heteroatoms. The van der Waals surface area contributed by atoms with Gasteiger partial charge >= 0.3 is 0 Å². The van der Waals surface area contributed by atoms with Gasteiger partial charge in [0.2, 0.25) is 5.95 Å². The highest BCUT2D eigenvalue weighted by Crippen LogP contribution is 2.33. The summed E-state index contributed by atoms with van der Waals surface area (Å²) in [6, 6.07) is 14.0. The number of likely N-dealkylation sites (N-methyl/N-ethyl adjacent to an activating group) is 1. The van der Waals surface area contributed by atoms with E-state index in [-0.39, 0.29) is 0 Å². The second-order valence-corrected chi connectivity index (χ2v) is 10.4. The number of aromatic nitrogens is 3. The highest BCUT2D eigenvalue weighted by Gasteiger charge is 2.19. The van der Waals surface area contributed by atoms with Gasteiger partial charge in [0.15, 0.2) is 0 Å². The molecule has 0 amide bonds. The summed E-state index contributed by atoms with van der Waals surface area (Å²) in [7, 11) is 2.17. The first-order chi connectivity index (χ1) is 16.8. The molecule has 0 aliphatic carbocycles. The fourth-order valence-electron chi connectivity index (χ4n) is 4.15. The first-order valence-corrected chi connectivity index (χ1v) is 12.7. The molecule has 35 heavy (non-hydrogen) atoms. The van der Waals surface area contributed by atoms with Crippen LogP contribution < -0.4 is 15.5 Å². The second-order valence-electron chi connectivity index (χ2n) is 9.55. The maximum atomic E-state index is 10.4. The summed E-state index contributed by atoms with van der Waals surface area (Å²) in [5, 5.41) is 20.1. The zero-order chi connectivity index (χ0) is 24.6. The number of hydrogen-bond acceptors (Lipinski definition) is 9. The molecule has 1 aliphatic heterocycles. The number of thiophene rings is 1. The molecule has 4 heterocycles. The summed E-state index contributed by atoms with van der Waals surface area (Å²) in [6.07, 6.45) is 0. The molecule has 1 fully saturated rings. The van der Waals surface area contributed by atoms with Gasteiger partial charge in [-0.2, -0.15) is 4.98 Å². The van der Waals surface area contributed by atoms with Crippen molar-refractivity contribution < 1.29 is 5.11 Å². The molecular weight excluding hydrogens is 458 g/mol. The monoisotopic (exact) mass is 489 g/mol. The minimum Gasteiger partial charge on any atom is -0.384 e. The molecular formula is C26H31N7OS. The Kier molecular flexibility index (Phi) is 6.31. The molecule has 0 radical (unpaired) electrons. The zero-order valence-corrected chi connectivity index (χ0v) is 21.4. The minimum atomic E-state index is -1.03. The van der Waals surface area contributed by atoms with E-state index in [1.54, 1.807) is 25.2 Å². The third-order valence-electron chi connectivity index (χ3n) is 6.23. The Bertz CT molecular complexity index is 1320. The number of pyridine rings is 1. The third-order valence-corrected chi connectivity index (χ3v) is 7.22. The second kappa shape index (κ2) is 9.41. The van der Waals surface area contributed by atoms with Gasteiger partial charge in [0.05, 0.1) is 11.1 Å². The van der Waals surface area contributed by atoms with Crippen molar-refractivity contribution >= 4 is 50.5 Å². The zero-order valence-electron chi connectivity index (χ0n) is 20.5. The van der Waals surface area contributed by atoms with Gasteiger partial charge in [-0.15, -0.1) is 11.3 Å². The van der Waals surface area contributed by atoms with Crippen molar-refractivity contribution in [2.24, 2.45) is 0 Å². The number of aliphatic hydroxyl groups is 1. The Balaban J connectivity index is 1.40. The topological polar surface area (TPSA) is 89.4 Å². The van der Waals surface area contributed by atoms with Crippen LogP contribution in [0.3, 0.4) is 0 Å². The van der Waals surface area contributed by atoms with Crippen molar-refractivity contribution in [3.63, 3.8) is 0 Å². The van der Waals surface area contributed by atoms with Gasteiger partial charge in [-0.05, 0) is 75.2 Å². The van der Waals surface area contributed by atoms with Crippen molar-refractivity contribution in [2.75, 3.05) is 48.8 Å². The standard InChI is InChI=1S/C26H31N7OS/c1-17-16-35-24-22(17)23(29-21-7-5-6-20(28-21)26(2,3)34)30-25(31-24)27-18-8-10-19(11-9-18)33-14-12-32(4)13-15-33/h5-11,16,34H,12-15H2,1-4H3,(H2,27,28,29,30,31). The van der Waals surface area contributed by atoms with Crippen LogP contribution >= 0.6 is 11.3 Å². The molecule has 5 rings (SSSR count). The van der Waals surface area contributed by atoms with Crippen LogP contribution in [0.5, 0.6) is 0 Å². The average Bonchev–Trinajstić information content (AvgIpc) is 3.20. The quantitative estimate of drug-likeness (QED) is 0.354. The van der Waals surface area contributed by atoms with Crippen molar-refractivity contribution in [3.8, 4) is 0 Å². The van der Waals surface area contributed by atoms with E-state index < -0.39 is 5.60 Å². The summed E-state index contributed by atoms with van der Waals surface area (Å²) in [6.45, 7) is 9.74. The highest BCUT2D eigenvalue weighted by molar-refractivity contribution is 7.17. The van der Waals surface area contributed by atoms with Crippen molar-refractivity contribution in [3.05, 3.63) is 59.1 Å². The van der Waals surface area contributed by atoms with Gasteiger partial charge in [-0.3, -0.25) is 0 Å². The Morgan fingerprint density at radius 1 is 0.943 bits per heavy atom. The SMILES string of the molecule is Cc1csc2nc(Nc3ccc(N4CCN(C)CC4)cc3)nc(Nc3cccc(C(C)(C)O)n3)c12. The summed E-state index contributed by atoms with van der Waals surface area (Å²) in [4.78, 5) is 19.8. The van der Waals surface area contributed by atoms with Gasteiger partial charge in [0.25, 0.3) is 0 Å². The van der Waals surface area contributed by atoms with E-state index in [0.717, 1.165) is 47.6 Å². The molecule has 182 valence electrons. The number of hydrogen-bond donors (Lipinski definition) is 3. The summed E-state index contributed by atoms with van der Waals surface area (Å²) in [5.41, 5.74) is 2.83. The fraction of sp³-hybridized carbons (Fsp3) is 0.346. The van der Waals surface area contributed by atoms with Gasteiger partial charge in [-0.1, -0.05) is 6.07 Å². The number of aryl methyl sites for hydroxylation is 1. The van der Waals surface area contributed by atoms with Crippen molar-refractivity contribution in [1.82, 2.24) is 19.9 Å². The minimum absolute atomic E-state index is 0.521. The number of benzene rings is 1. The van der Waals surface area contributed by atoms with Crippen molar-refractivity contribution in [2.45, 2.75) is 26.4 Å². The predicted octanol–water partition coefficient (Wildman–Crippen LogP) is 4.86. The van der Waals surface area contributed by atoms with E-state index in [4.69, 9.17) is 9.97 Å².